The van der Waals surface area contributed by atoms with E-state index in [1.54, 1.807) is 17.0 Å². The zero-order valence-corrected chi connectivity index (χ0v) is 18.6. The number of hydrogen-bond acceptors (Lipinski definition) is 6. The van der Waals surface area contributed by atoms with E-state index >= 15 is 0 Å². The lowest BCUT2D eigenvalue weighted by molar-refractivity contribution is -0.385. The quantitative estimate of drug-likeness (QED) is 0.239. The van der Waals surface area contributed by atoms with Gasteiger partial charge in [0.25, 0.3) is 0 Å². The average molecular weight is 449 g/mol. The first kappa shape index (κ1) is 21.5. The maximum atomic E-state index is 12.1. The minimum absolute atomic E-state index is 0.125. The van der Waals surface area contributed by atoms with Gasteiger partial charge in [0.05, 0.1) is 10.6 Å². The van der Waals surface area contributed by atoms with Crippen LogP contribution in [0.4, 0.5) is 17.2 Å². The summed E-state index contributed by atoms with van der Waals surface area (Å²) < 4.78 is 5.87. The van der Waals surface area contributed by atoms with Crippen molar-refractivity contribution < 1.29 is 9.66 Å². The molecule has 0 fully saturated rings. The van der Waals surface area contributed by atoms with Crippen LogP contribution in [0.5, 0.6) is 11.6 Å². The number of rotatable bonds is 6. The Morgan fingerprint density at radius 2 is 1.75 bits per heavy atom. The Bertz CT molecular complexity index is 1300. The lowest BCUT2D eigenvalue weighted by Crippen LogP contribution is -2.19. The smallest absolute Gasteiger partial charge is 0.373 e. The minimum atomic E-state index is -0.506. The maximum absolute atomic E-state index is 12.1. The molecule has 0 saturated heterocycles. The molecule has 1 heterocycles. The number of nitro groups is 1. The van der Waals surface area contributed by atoms with Crippen LogP contribution >= 0.6 is 11.6 Å². The first-order valence-corrected chi connectivity index (χ1v) is 10.5. The highest BCUT2D eigenvalue weighted by molar-refractivity contribution is 6.32. The summed E-state index contributed by atoms with van der Waals surface area (Å²) in [5, 5.41) is 14.8. The molecule has 0 atom stereocenters. The maximum Gasteiger partial charge on any atom is 0.373 e. The van der Waals surface area contributed by atoms with Gasteiger partial charge in [0.1, 0.15) is 12.1 Å². The van der Waals surface area contributed by atoms with Gasteiger partial charge in [0, 0.05) is 17.0 Å². The Morgan fingerprint density at radius 3 is 2.44 bits per heavy atom. The van der Waals surface area contributed by atoms with E-state index in [-0.39, 0.29) is 17.4 Å². The van der Waals surface area contributed by atoms with Crippen LogP contribution in [0.3, 0.4) is 0 Å². The molecular weight excluding hydrogens is 428 g/mol. The van der Waals surface area contributed by atoms with Crippen LogP contribution in [-0.4, -0.2) is 21.4 Å². The molecule has 0 N–H and O–H groups in total. The molecule has 0 radical (unpaired) electrons. The minimum Gasteiger partial charge on any atom is -0.434 e. The number of benzene rings is 3. The van der Waals surface area contributed by atoms with Gasteiger partial charge in [-0.05, 0) is 55.5 Å². The fourth-order valence-corrected chi connectivity index (χ4v) is 3.85. The fraction of sp³-hybridized carbons (Fsp3) is 0.167. The first-order chi connectivity index (χ1) is 15.4. The Balaban J connectivity index is 1.85. The van der Waals surface area contributed by atoms with Crippen LogP contribution in [0, 0.1) is 24.0 Å². The topological polar surface area (TPSA) is 81.4 Å². The van der Waals surface area contributed by atoms with Crippen molar-refractivity contribution in [3.8, 4) is 11.6 Å². The Kier molecular flexibility index (Phi) is 5.92. The molecule has 0 aliphatic heterocycles. The Labute approximate surface area is 190 Å². The molecule has 0 spiro atoms. The SMILES string of the molecule is CCN(c1ncnc(Oc2cc(C)c(Cl)c(C)c2)c1[N+](=O)[O-])c1cccc2ccccc12. The zero-order valence-electron chi connectivity index (χ0n) is 17.9. The summed E-state index contributed by atoms with van der Waals surface area (Å²) in [6.07, 6.45) is 1.28. The summed E-state index contributed by atoms with van der Waals surface area (Å²) in [7, 11) is 0. The molecule has 8 heteroatoms. The van der Waals surface area contributed by atoms with Gasteiger partial charge < -0.3 is 9.64 Å². The molecule has 32 heavy (non-hydrogen) atoms. The van der Waals surface area contributed by atoms with Crippen molar-refractivity contribution >= 4 is 39.6 Å². The molecule has 0 amide bonds. The van der Waals surface area contributed by atoms with Gasteiger partial charge in [-0.15, -0.1) is 0 Å². The molecule has 1 aromatic heterocycles. The molecule has 0 aliphatic carbocycles. The lowest BCUT2D eigenvalue weighted by Gasteiger charge is -2.23. The molecule has 7 nitrogen and oxygen atoms in total. The van der Waals surface area contributed by atoms with Crippen LogP contribution in [-0.2, 0) is 0 Å². The monoisotopic (exact) mass is 448 g/mol. The predicted molar refractivity (Wildman–Crippen MR) is 126 cm³/mol. The Hall–Kier alpha value is -3.71. The van der Waals surface area contributed by atoms with Crippen LogP contribution in [0.1, 0.15) is 18.1 Å². The molecule has 0 unspecified atom stereocenters. The number of halogens is 1. The summed E-state index contributed by atoms with van der Waals surface area (Å²) in [5.74, 6) is 0.464. The third-order valence-corrected chi connectivity index (χ3v) is 5.80. The number of fused-ring (bicyclic) bond motifs is 1. The van der Waals surface area contributed by atoms with Crippen LogP contribution in [0.15, 0.2) is 60.9 Å². The standard InChI is InChI=1S/C24H21ClN4O3/c1-4-28(20-11-7-9-17-8-5-6-10-19(17)20)23-22(29(30)31)24(27-14-26-23)32-18-12-15(2)21(25)16(3)13-18/h5-14H,4H2,1-3H3. The second-order valence-corrected chi connectivity index (χ2v) is 7.70. The summed E-state index contributed by atoms with van der Waals surface area (Å²) in [5.41, 5.74) is 2.14. The third-order valence-electron chi connectivity index (χ3n) is 5.21. The van der Waals surface area contributed by atoms with E-state index in [0.29, 0.717) is 17.3 Å². The molecule has 4 rings (SSSR count). The number of nitrogens with zero attached hydrogens (tertiary/aromatic N) is 4. The molecule has 0 saturated carbocycles. The van der Waals surface area contributed by atoms with E-state index in [2.05, 4.69) is 9.97 Å². The highest BCUT2D eigenvalue weighted by atomic mass is 35.5. The van der Waals surface area contributed by atoms with E-state index < -0.39 is 4.92 Å². The summed E-state index contributed by atoms with van der Waals surface area (Å²) in [6, 6.07) is 17.2. The van der Waals surface area contributed by atoms with E-state index in [0.717, 1.165) is 27.6 Å². The number of ether oxygens (including phenoxy) is 1. The molecule has 0 aliphatic rings. The van der Waals surface area contributed by atoms with E-state index in [1.807, 2.05) is 63.2 Å². The van der Waals surface area contributed by atoms with Crippen LogP contribution < -0.4 is 9.64 Å². The van der Waals surface area contributed by atoms with Crippen molar-refractivity contribution in [1.82, 2.24) is 9.97 Å². The second-order valence-electron chi connectivity index (χ2n) is 7.32. The number of aryl methyl sites for hydroxylation is 2. The summed E-state index contributed by atoms with van der Waals surface area (Å²) >= 11 is 6.24. The summed E-state index contributed by atoms with van der Waals surface area (Å²) in [4.78, 5) is 21.8. The van der Waals surface area contributed by atoms with Gasteiger partial charge >= 0.3 is 11.6 Å². The van der Waals surface area contributed by atoms with Gasteiger partial charge in [-0.3, -0.25) is 10.1 Å². The predicted octanol–water partition coefficient (Wildman–Crippen LogP) is 6.76. The van der Waals surface area contributed by atoms with Gasteiger partial charge in [-0.1, -0.05) is 48.0 Å². The van der Waals surface area contributed by atoms with E-state index in [9.17, 15) is 10.1 Å². The van der Waals surface area contributed by atoms with Crippen LogP contribution in [0.25, 0.3) is 10.8 Å². The highest BCUT2D eigenvalue weighted by Gasteiger charge is 2.29. The van der Waals surface area contributed by atoms with Crippen molar-refractivity contribution in [2.45, 2.75) is 20.8 Å². The number of anilines is 2. The largest absolute Gasteiger partial charge is 0.434 e. The molecule has 162 valence electrons. The lowest BCUT2D eigenvalue weighted by atomic mass is 10.1. The Morgan fingerprint density at radius 1 is 1.06 bits per heavy atom. The normalized spacial score (nSPS) is 10.9. The number of hydrogen-bond donors (Lipinski definition) is 0. The van der Waals surface area contributed by atoms with Gasteiger partial charge in [0.15, 0.2) is 0 Å². The molecule has 3 aromatic carbocycles. The van der Waals surface area contributed by atoms with Gasteiger partial charge in [-0.25, -0.2) is 4.98 Å². The highest BCUT2D eigenvalue weighted by Crippen LogP contribution is 2.41. The third kappa shape index (κ3) is 3.94. The van der Waals surface area contributed by atoms with Crippen molar-refractivity contribution in [1.29, 1.82) is 0 Å². The van der Waals surface area contributed by atoms with E-state index in [4.69, 9.17) is 16.3 Å². The summed E-state index contributed by atoms with van der Waals surface area (Å²) in [6.45, 7) is 6.08. The first-order valence-electron chi connectivity index (χ1n) is 10.1. The molecular formula is C24H21ClN4O3. The van der Waals surface area contributed by atoms with Crippen LogP contribution in [0.2, 0.25) is 5.02 Å². The van der Waals surface area contributed by atoms with Crippen molar-refractivity contribution in [3.63, 3.8) is 0 Å². The fourth-order valence-electron chi connectivity index (χ4n) is 3.74. The van der Waals surface area contributed by atoms with Crippen molar-refractivity contribution in [2.24, 2.45) is 0 Å². The number of aromatic nitrogens is 2. The second kappa shape index (κ2) is 8.80. The average Bonchev–Trinajstić information content (AvgIpc) is 2.78. The van der Waals surface area contributed by atoms with E-state index in [1.165, 1.54) is 6.33 Å². The van der Waals surface area contributed by atoms with Crippen molar-refractivity contribution in [3.05, 3.63) is 87.2 Å². The van der Waals surface area contributed by atoms with Gasteiger partial charge in [0.2, 0.25) is 5.82 Å². The molecule has 0 bridgehead atoms. The van der Waals surface area contributed by atoms with Crippen molar-refractivity contribution in [2.75, 3.05) is 11.4 Å². The molecule has 4 aromatic rings. The van der Waals surface area contributed by atoms with Gasteiger partial charge in [-0.2, -0.15) is 4.98 Å². The zero-order chi connectivity index (χ0) is 22.8.